The molecule has 0 aromatic carbocycles. The molecule has 0 radical (unpaired) electrons. The van der Waals surface area contributed by atoms with Crippen molar-refractivity contribution < 1.29 is 27.8 Å². The summed E-state index contributed by atoms with van der Waals surface area (Å²) in [7, 11) is 0. The molecule has 1 aliphatic carbocycles. The van der Waals surface area contributed by atoms with Crippen LogP contribution in [0.1, 0.15) is 0 Å². The molecule has 0 bridgehead atoms. The van der Waals surface area contributed by atoms with Crippen molar-refractivity contribution in [3.05, 3.63) is 35.1 Å². The van der Waals surface area contributed by atoms with Crippen LogP contribution in [-0.2, 0) is 9.53 Å². The molecule has 2 aliphatic rings. The maximum Gasteiger partial charge on any atom is 0.427 e. The first kappa shape index (κ1) is 14.3. The zero-order valence-electron chi connectivity index (χ0n) is 9.12. The largest absolute Gasteiger partial charge is 0.479 e. The third kappa shape index (κ3) is 2.60. The molecule has 0 fully saturated rings. The fraction of sp³-hybridized carbons (Fsp3) is 0.364. The Morgan fingerprint density at radius 2 is 2.00 bits per heavy atom. The summed E-state index contributed by atoms with van der Waals surface area (Å²) in [5, 5.41) is 6.56. The molecule has 0 spiro atoms. The number of hydrogen-bond donors (Lipinski definition) is 1. The highest BCUT2D eigenvalue weighted by molar-refractivity contribution is 6.26. The van der Waals surface area contributed by atoms with E-state index in [9.17, 15) is 18.0 Å². The van der Waals surface area contributed by atoms with Gasteiger partial charge in [0.2, 0.25) is 6.10 Å². The number of ether oxygens (including phenoxy) is 1. The average Bonchev–Trinajstić information content (AvgIpc) is 2.26. The Balaban J connectivity index is 2.55. The fourth-order valence-corrected chi connectivity index (χ4v) is 2.44. The molecule has 2 rings (SSSR count). The van der Waals surface area contributed by atoms with E-state index in [-0.39, 0.29) is 11.3 Å². The van der Waals surface area contributed by atoms with Gasteiger partial charge in [0, 0.05) is 5.57 Å². The van der Waals surface area contributed by atoms with Crippen molar-refractivity contribution in [2.24, 2.45) is 0 Å². The summed E-state index contributed by atoms with van der Waals surface area (Å²) in [5.74, 6) is -1.73. The number of fused-ring (bicyclic) bond motifs is 1. The van der Waals surface area contributed by atoms with Gasteiger partial charge in [-0.2, -0.15) is 13.2 Å². The van der Waals surface area contributed by atoms with Crippen LogP contribution in [0.3, 0.4) is 0 Å². The Kier molecular flexibility index (Phi) is 3.57. The smallest absolute Gasteiger partial charge is 0.427 e. The summed E-state index contributed by atoms with van der Waals surface area (Å²) in [6.07, 6.45) is -3.24. The zero-order chi connectivity index (χ0) is 14.4. The van der Waals surface area contributed by atoms with E-state index in [0.29, 0.717) is 0 Å². The van der Waals surface area contributed by atoms with Crippen LogP contribution in [0, 0.1) is 0 Å². The predicted molar refractivity (Wildman–Crippen MR) is 62.1 cm³/mol. The summed E-state index contributed by atoms with van der Waals surface area (Å²) in [4.78, 5) is 11.1. The monoisotopic (exact) mass is 314 g/mol. The van der Waals surface area contributed by atoms with Gasteiger partial charge in [-0.05, 0) is 6.08 Å². The second-order valence-corrected chi connectivity index (χ2v) is 4.92. The molecule has 1 aliphatic heterocycles. The number of halogens is 5. The maximum absolute atomic E-state index is 12.8. The molecule has 0 aromatic heterocycles. The van der Waals surface area contributed by atoms with Gasteiger partial charge >= 0.3 is 12.1 Å². The van der Waals surface area contributed by atoms with Crippen LogP contribution in [0.5, 0.6) is 0 Å². The van der Waals surface area contributed by atoms with E-state index in [2.05, 4.69) is 0 Å². The molecule has 0 amide bonds. The van der Waals surface area contributed by atoms with Gasteiger partial charge in [0.1, 0.15) is 11.1 Å². The van der Waals surface area contributed by atoms with Crippen molar-refractivity contribution in [3.63, 3.8) is 0 Å². The van der Waals surface area contributed by atoms with Crippen molar-refractivity contribution >= 4 is 29.2 Å². The van der Waals surface area contributed by atoms with Gasteiger partial charge < -0.3 is 9.84 Å². The Hall–Kier alpha value is -1.14. The standard InChI is InChI=1S/C11H7Cl2F3O3/c12-4-1-2-5-6(3-4)19-9(11(14,15)16)8(13)7(5)10(17)18/h1-4,8-9H,(H,17,18). The summed E-state index contributed by atoms with van der Waals surface area (Å²) in [6, 6.07) is 0. The summed E-state index contributed by atoms with van der Waals surface area (Å²) in [6.45, 7) is 0. The van der Waals surface area contributed by atoms with Gasteiger partial charge in [-0.1, -0.05) is 12.2 Å². The van der Waals surface area contributed by atoms with Gasteiger partial charge in [0.25, 0.3) is 0 Å². The number of alkyl halides is 5. The third-order valence-electron chi connectivity index (χ3n) is 2.66. The topological polar surface area (TPSA) is 46.5 Å². The minimum Gasteiger partial charge on any atom is -0.479 e. The summed E-state index contributed by atoms with van der Waals surface area (Å²) >= 11 is 11.3. The van der Waals surface area contributed by atoms with Crippen molar-refractivity contribution in [1.82, 2.24) is 0 Å². The first-order chi connectivity index (χ1) is 8.71. The van der Waals surface area contributed by atoms with Crippen molar-refractivity contribution in [2.75, 3.05) is 0 Å². The average molecular weight is 315 g/mol. The SMILES string of the molecule is O=C(O)C1=C2C=CC(Cl)C=C2OC(C(F)(F)F)C1Cl. The van der Waals surface area contributed by atoms with Crippen LogP contribution in [-0.4, -0.2) is 34.1 Å². The number of carboxylic acids is 1. The molecule has 1 N–H and O–H groups in total. The lowest BCUT2D eigenvalue weighted by molar-refractivity contribution is -0.209. The van der Waals surface area contributed by atoms with Crippen molar-refractivity contribution in [1.29, 1.82) is 0 Å². The number of carbonyl (C=O) groups is 1. The van der Waals surface area contributed by atoms with Gasteiger partial charge in [0.15, 0.2) is 0 Å². The summed E-state index contributed by atoms with van der Waals surface area (Å²) in [5.41, 5.74) is -0.522. The summed E-state index contributed by atoms with van der Waals surface area (Å²) < 4.78 is 43.1. The Morgan fingerprint density at radius 3 is 2.53 bits per heavy atom. The highest BCUT2D eigenvalue weighted by Crippen LogP contribution is 2.41. The van der Waals surface area contributed by atoms with Crippen LogP contribution in [0.4, 0.5) is 13.2 Å². The van der Waals surface area contributed by atoms with Gasteiger partial charge in [-0.15, -0.1) is 23.2 Å². The van der Waals surface area contributed by atoms with Crippen LogP contribution in [0.25, 0.3) is 0 Å². The van der Waals surface area contributed by atoms with E-state index in [0.717, 1.165) is 0 Å². The van der Waals surface area contributed by atoms with Crippen LogP contribution in [0.2, 0.25) is 0 Å². The number of carboxylic acid groups (broad SMARTS) is 1. The molecule has 1 heterocycles. The molecule has 0 aromatic rings. The van der Waals surface area contributed by atoms with Gasteiger partial charge in [-0.25, -0.2) is 4.79 Å². The van der Waals surface area contributed by atoms with E-state index in [1.54, 1.807) is 0 Å². The molecule has 3 unspecified atom stereocenters. The Morgan fingerprint density at radius 1 is 1.37 bits per heavy atom. The Bertz CT molecular complexity index is 508. The minimum atomic E-state index is -4.78. The van der Waals surface area contributed by atoms with E-state index in [1.165, 1.54) is 18.2 Å². The highest BCUT2D eigenvalue weighted by atomic mass is 35.5. The van der Waals surface area contributed by atoms with E-state index in [1.807, 2.05) is 0 Å². The third-order valence-corrected chi connectivity index (χ3v) is 3.38. The maximum atomic E-state index is 12.8. The molecule has 3 nitrogen and oxygen atoms in total. The van der Waals surface area contributed by atoms with E-state index >= 15 is 0 Å². The normalized spacial score (nSPS) is 30.6. The molecule has 19 heavy (non-hydrogen) atoms. The lowest BCUT2D eigenvalue weighted by Crippen LogP contribution is -2.45. The molecule has 0 saturated heterocycles. The molecule has 8 heteroatoms. The van der Waals surface area contributed by atoms with Gasteiger partial charge in [-0.3, -0.25) is 0 Å². The van der Waals surface area contributed by atoms with E-state index in [4.69, 9.17) is 33.0 Å². The minimum absolute atomic E-state index is 0.0184. The zero-order valence-corrected chi connectivity index (χ0v) is 10.6. The molecular formula is C11H7Cl2F3O3. The number of aliphatic carboxylic acids is 1. The second kappa shape index (κ2) is 4.76. The van der Waals surface area contributed by atoms with Crippen LogP contribution < -0.4 is 0 Å². The van der Waals surface area contributed by atoms with Crippen molar-refractivity contribution in [3.8, 4) is 0 Å². The van der Waals surface area contributed by atoms with Crippen LogP contribution in [0.15, 0.2) is 35.1 Å². The lowest BCUT2D eigenvalue weighted by atomic mass is 9.93. The lowest BCUT2D eigenvalue weighted by Gasteiger charge is -2.34. The number of hydrogen-bond acceptors (Lipinski definition) is 2. The highest BCUT2D eigenvalue weighted by Gasteiger charge is 2.52. The molecule has 3 atom stereocenters. The van der Waals surface area contributed by atoms with Crippen molar-refractivity contribution in [2.45, 2.75) is 23.0 Å². The number of rotatable bonds is 1. The number of allylic oxidation sites excluding steroid dienone is 3. The molecular weight excluding hydrogens is 308 g/mol. The first-order valence-electron chi connectivity index (χ1n) is 5.11. The Labute approximate surface area is 115 Å². The van der Waals surface area contributed by atoms with Crippen LogP contribution >= 0.6 is 23.2 Å². The first-order valence-corrected chi connectivity index (χ1v) is 5.98. The fourth-order valence-electron chi connectivity index (χ4n) is 1.85. The van der Waals surface area contributed by atoms with Gasteiger partial charge in [0.05, 0.1) is 11.0 Å². The quantitative estimate of drug-likeness (QED) is 0.757. The molecule has 0 saturated carbocycles. The second-order valence-electron chi connectivity index (χ2n) is 3.95. The van der Waals surface area contributed by atoms with E-state index < -0.39 is 34.6 Å². The predicted octanol–water partition coefficient (Wildman–Crippen LogP) is 3.00. The molecule has 104 valence electrons.